The van der Waals surface area contributed by atoms with E-state index in [1.165, 1.54) is 19.2 Å². The maximum Gasteiger partial charge on any atom is 0.270 e. The number of hydrogen-bond donors (Lipinski definition) is 1. The van der Waals surface area contributed by atoms with Crippen LogP contribution in [0.3, 0.4) is 0 Å². The SMILES string of the molecule is CC(F)c1cnc(N2CCCC2C(=O)N=C(N)CC(=O)C(C)(C)C)c(Cl)c1. The molecule has 1 saturated heterocycles. The van der Waals surface area contributed by atoms with Crippen molar-refractivity contribution in [3.63, 3.8) is 0 Å². The van der Waals surface area contributed by atoms with Gasteiger partial charge in [0.05, 0.1) is 11.4 Å². The third-order valence-corrected chi connectivity index (χ3v) is 4.82. The second kappa shape index (κ2) is 8.33. The van der Waals surface area contributed by atoms with Crippen molar-refractivity contribution in [2.24, 2.45) is 16.1 Å². The Morgan fingerprint density at radius 3 is 2.70 bits per heavy atom. The minimum absolute atomic E-state index is 0.00688. The molecule has 0 saturated carbocycles. The van der Waals surface area contributed by atoms with Crippen molar-refractivity contribution < 1.29 is 14.0 Å². The zero-order chi connectivity index (χ0) is 20.4. The van der Waals surface area contributed by atoms with Gasteiger partial charge in [-0.15, -0.1) is 0 Å². The molecule has 1 fully saturated rings. The van der Waals surface area contributed by atoms with Gasteiger partial charge in [0.25, 0.3) is 5.91 Å². The van der Waals surface area contributed by atoms with E-state index < -0.39 is 23.5 Å². The van der Waals surface area contributed by atoms with Crippen molar-refractivity contribution in [2.75, 3.05) is 11.4 Å². The van der Waals surface area contributed by atoms with Gasteiger partial charge in [0.15, 0.2) is 0 Å². The summed E-state index contributed by atoms with van der Waals surface area (Å²) >= 11 is 6.26. The van der Waals surface area contributed by atoms with Crippen molar-refractivity contribution in [3.05, 3.63) is 22.8 Å². The molecule has 2 unspecified atom stereocenters. The Balaban J connectivity index is 2.17. The van der Waals surface area contributed by atoms with E-state index in [1.54, 1.807) is 25.7 Å². The molecule has 2 N–H and O–H groups in total. The summed E-state index contributed by atoms with van der Waals surface area (Å²) in [5.41, 5.74) is 5.65. The number of Topliss-reactive ketones (excluding diaryl/α,β-unsaturated/α-hetero) is 1. The fourth-order valence-corrected chi connectivity index (χ4v) is 3.12. The summed E-state index contributed by atoms with van der Waals surface area (Å²) < 4.78 is 13.4. The van der Waals surface area contributed by atoms with E-state index in [0.717, 1.165) is 6.42 Å². The molecule has 2 heterocycles. The quantitative estimate of drug-likeness (QED) is 0.606. The maximum absolute atomic E-state index is 13.4. The molecule has 1 aliphatic heterocycles. The van der Waals surface area contributed by atoms with E-state index in [-0.39, 0.29) is 23.1 Å². The normalized spacial score (nSPS) is 19.3. The molecule has 1 aromatic heterocycles. The van der Waals surface area contributed by atoms with E-state index in [9.17, 15) is 14.0 Å². The Labute approximate surface area is 164 Å². The van der Waals surface area contributed by atoms with Crippen LogP contribution in [0.2, 0.25) is 5.02 Å². The topological polar surface area (TPSA) is 88.7 Å². The van der Waals surface area contributed by atoms with Crippen LogP contribution < -0.4 is 10.6 Å². The van der Waals surface area contributed by atoms with Crippen LogP contribution in [0.4, 0.5) is 10.2 Å². The summed E-state index contributed by atoms with van der Waals surface area (Å²) in [6.07, 6.45) is 1.54. The molecule has 0 bridgehead atoms. The van der Waals surface area contributed by atoms with Crippen molar-refractivity contribution in [2.45, 2.75) is 59.2 Å². The summed E-state index contributed by atoms with van der Waals surface area (Å²) in [5.74, 6) is -0.0723. The molecule has 1 aromatic rings. The Morgan fingerprint density at radius 2 is 2.15 bits per heavy atom. The highest BCUT2D eigenvalue weighted by Gasteiger charge is 2.33. The van der Waals surface area contributed by atoms with Crippen molar-refractivity contribution in [1.82, 2.24) is 4.98 Å². The van der Waals surface area contributed by atoms with Crippen LogP contribution in [0.5, 0.6) is 0 Å². The highest BCUT2D eigenvalue weighted by atomic mass is 35.5. The lowest BCUT2D eigenvalue weighted by Crippen LogP contribution is -2.37. The first-order valence-electron chi connectivity index (χ1n) is 8.97. The molecule has 0 aliphatic carbocycles. The number of aromatic nitrogens is 1. The molecular formula is C19H26ClFN4O2. The number of halogens is 2. The summed E-state index contributed by atoms with van der Waals surface area (Å²) in [6.45, 7) is 7.37. The number of hydrogen-bond acceptors (Lipinski definition) is 4. The number of alkyl halides is 1. The van der Waals surface area contributed by atoms with E-state index in [1.807, 2.05) is 0 Å². The third-order valence-electron chi connectivity index (χ3n) is 4.54. The minimum atomic E-state index is -1.18. The first-order chi connectivity index (χ1) is 12.5. The molecule has 27 heavy (non-hydrogen) atoms. The van der Waals surface area contributed by atoms with Gasteiger partial charge in [0.2, 0.25) is 0 Å². The number of pyridine rings is 1. The Morgan fingerprint density at radius 1 is 1.48 bits per heavy atom. The lowest BCUT2D eigenvalue weighted by molar-refractivity contribution is -0.125. The van der Waals surface area contributed by atoms with Gasteiger partial charge in [-0.2, -0.15) is 4.99 Å². The van der Waals surface area contributed by atoms with Crippen LogP contribution in [-0.4, -0.2) is 35.1 Å². The van der Waals surface area contributed by atoms with E-state index in [2.05, 4.69) is 9.98 Å². The third kappa shape index (κ3) is 5.25. The molecule has 2 atom stereocenters. The average molecular weight is 397 g/mol. The Bertz CT molecular complexity index is 759. The smallest absolute Gasteiger partial charge is 0.270 e. The van der Waals surface area contributed by atoms with Crippen LogP contribution >= 0.6 is 11.6 Å². The number of nitrogens with two attached hydrogens (primary N) is 1. The van der Waals surface area contributed by atoms with Gasteiger partial charge < -0.3 is 10.6 Å². The summed E-state index contributed by atoms with van der Waals surface area (Å²) in [5, 5.41) is 0.288. The van der Waals surface area contributed by atoms with Crippen LogP contribution in [-0.2, 0) is 9.59 Å². The van der Waals surface area contributed by atoms with Crippen molar-refractivity contribution >= 4 is 34.9 Å². The Kier molecular flexibility index (Phi) is 6.57. The fourth-order valence-electron chi connectivity index (χ4n) is 2.84. The zero-order valence-corrected chi connectivity index (χ0v) is 16.9. The highest BCUT2D eigenvalue weighted by Crippen LogP contribution is 2.32. The molecule has 0 radical (unpaired) electrons. The standard InChI is InChI=1S/C19H26ClFN4O2/c1-11(21)12-8-13(20)17(23-10-12)25-7-5-6-14(25)18(27)24-16(22)9-15(26)19(2,3)4/h8,10-11,14H,5-7,9H2,1-4H3,(H2,22,24,27). The number of aliphatic imine (C=N–C) groups is 1. The average Bonchev–Trinajstić information content (AvgIpc) is 3.02. The number of rotatable bonds is 5. The van der Waals surface area contributed by atoms with E-state index in [4.69, 9.17) is 17.3 Å². The highest BCUT2D eigenvalue weighted by molar-refractivity contribution is 6.33. The molecule has 0 spiro atoms. The van der Waals surface area contributed by atoms with Crippen LogP contribution in [0.25, 0.3) is 0 Å². The van der Waals surface area contributed by atoms with Gasteiger partial charge in [0, 0.05) is 23.7 Å². The molecule has 1 amide bonds. The monoisotopic (exact) mass is 396 g/mol. The lowest BCUT2D eigenvalue weighted by Gasteiger charge is -2.24. The number of nitrogens with zero attached hydrogens (tertiary/aromatic N) is 3. The predicted octanol–water partition coefficient (Wildman–Crippen LogP) is 3.62. The van der Waals surface area contributed by atoms with Gasteiger partial charge in [-0.25, -0.2) is 9.37 Å². The first kappa shape index (κ1) is 21.3. The second-order valence-corrected chi connectivity index (χ2v) is 8.24. The maximum atomic E-state index is 13.4. The summed E-state index contributed by atoms with van der Waals surface area (Å²) in [4.78, 5) is 34.6. The number of ketones is 1. The van der Waals surface area contributed by atoms with Gasteiger partial charge in [-0.1, -0.05) is 32.4 Å². The lowest BCUT2D eigenvalue weighted by atomic mass is 9.89. The number of amides is 1. The van der Waals surface area contributed by atoms with Crippen LogP contribution in [0, 0.1) is 5.41 Å². The molecule has 1 aliphatic rings. The predicted molar refractivity (Wildman–Crippen MR) is 105 cm³/mol. The van der Waals surface area contributed by atoms with Gasteiger partial charge >= 0.3 is 0 Å². The van der Waals surface area contributed by atoms with E-state index in [0.29, 0.717) is 24.3 Å². The van der Waals surface area contributed by atoms with Crippen LogP contribution in [0.15, 0.2) is 17.3 Å². The molecule has 2 rings (SSSR count). The molecule has 0 aromatic carbocycles. The van der Waals surface area contributed by atoms with E-state index >= 15 is 0 Å². The molecule has 6 nitrogen and oxygen atoms in total. The van der Waals surface area contributed by atoms with Crippen molar-refractivity contribution in [3.8, 4) is 0 Å². The number of amidine groups is 1. The number of anilines is 1. The summed E-state index contributed by atoms with van der Waals surface area (Å²) in [6, 6.07) is 0.973. The van der Waals surface area contributed by atoms with Gasteiger partial charge in [0.1, 0.15) is 29.7 Å². The fraction of sp³-hybridized carbons (Fsp3) is 0.579. The largest absolute Gasteiger partial charge is 0.387 e. The molecule has 148 valence electrons. The Hall–Kier alpha value is -2.02. The van der Waals surface area contributed by atoms with Gasteiger partial charge in [-0.3, -0.25) is 9.59 Å². The minimum Gasteiger partial charge on any atom is -0.387 e. The molecule has 8 heteroatoms. The second-order valence-electron chi connectivity index (χ2n) is 7.83. The zero-order valence-electron chi connectivity index (χ0n) is 16.1. The number of carbonyl (C=O) groups excluding carboxylic acids is 2. The van der Waals surface area contributed by atoms with Crippen molar-refractivity contribution in [1.29, 1.82) is 0 Å². The molecular weight excluding hydrogens is 371 g/mol. The number of carbonyl (C=O) groups is 2. The van der Waals surface area contributed by atoms with Gasteiger partial charge in [-0.05, 0) is 25.8 Å². The first-order valence-corrected chi connectivity index (χ1v) is 9.35. The van der Waals surface area contributed by atoms with Crippen LogP contribution in [0.1, 0.15) is 58.7 Å². The summed E-state index contributed by atoms with van der Waals surface area (Å²) in [7, 11) is 0.